The Labute approximate surface area is 499 Å². The van der Waals surface area contributed by atoms with E-state index in [0.717, 1.165) is 161 Å². The zero-order valence-corrected chi connectivity index (χ0v) is 52.2. The number of rotatable bonds is 58. The van der Waals surface area contributed by atoms with Crippen molar-refractivity contribution in [1.29, 1.82) is 0 Å². The van der Waals surface area contributed by atoms with Crippen molar-refractivity contribution in [3.8, 4) is 0 Å². The first-order valence-corrected chi connectivity index (χ1v) is 33.0. The van der Waals surface area contributed by atoms with Crippen LogP contribution in [0.2, 0.25) is 0 Å². The second-order valence-electron chi connectivity index (χ2n) is 21.3. The molecule has 0 spiro atoms. The first kappa shape index (κ1) is 76.0. The third kappa shape index (κ3) is 65.7. The minimum absolute atomic E-state index is 0.0904. The van der Waals surface area contributed by atoms with Gasteiger partial charge in [-0.2, -0.15) is 0 Å². The lowest BCUT2D eigenvalue weighted by Gasteiger charge is -2.18. The molecule has 0 rings (SSSR count). The molecule has 81 heavy (non-hydrogen) atoms. The van der Waals surface area contributed by atoms with Crippen molar-refractivity contribution in [1.82, 2.24) is 0 Å². The molecule has 1 unspecified atom stereocenters. The quantitative estimate of drug-likeness (QED) is 0.0261. The summed E-state index contributed by atoms with van der Waals surface area (Å²) in [6.45, 7) is 6.35. The van der Waals surface area contributed by atoms with Crippen LogP contribution in [0.5, 0.6) is 0 Å². The molecule has 6 nitrogen and oxygen atoms in total. The van der Waals surface area contributed by atoms with Gasteiger partial charge in [0, 0.05) is 19.3 Å². The lowest BCUT2D eigenvalue weighted by atomic mass is 10.1. The molecule has 0 heterocycles. The Morgan fingerprint density at radius 2 is 0.481 bits per heavy atom. The third-order valence-electron chi connectivity index (χ3n) is 13.5. The Morgan fingerprint density at radius 3 is 0.753 bits per heavy atom. The number of esters is 3. The summed E-state index contributed by atoms with van der Waals surface area (Å²) in [4.78, 5) is 38.1. The fourth-order valence-corrected chi connectivity index (χ4v) is 8.66. The summed E-state index contributed by atoms with van der Waals surface area (Å²) < 4.78 is 16.8. The van der Waals surface area contributed by atoms with Gasteiger partial charge >= 0.3 is 17.9 Å². The van der Waals surface area contributed by atoms with E-state index in [-0.39, 0.29) is 31.1 Å². The summed E-state index contributed by atoms with van der Waals surface area (Å²) >= 11 is 0. The van der Waals surface area contributed by atoms with Crippen molar-refractivity contribution in [2.24, 2.45) is 0 Å². The van der Waals surface area contributed by atoms with Crippen molar-refractivity contribution < 1.29 is 28.6 Å². The van der Waals surface area contributed by atoms with Crippen LogP contribution in [0.1, 0.15) is 278 Å². The number of carbonyl (C=O) groups excluding carboxylic acids is 3. The van der Waals surface area contributed by atoms with Crippen LogP contribution >= 0.6 is 0 Å². The third-order valence-corrected chi connectivity index (χ3v) is 13.5. The highest BCUT2D eigenvalue weighted by atomic mass is 16.6. The van der Waals surface area contributed by atoms with E-state index < -0.39 is 6.10 Å². The van der Waals surface area contributed by atoms with Gasteiger partial charge in [-0.15, -0.1) is 0 Å². The van der Waals surface area contributed by atoms with E-state index in [1.54, 1.807) is 0 Å². The Hall–Kier alpha value is -4.97. The number of allylic oxidation sites excluding steroid dienone is 26. The monoisotopic (exact) mass is 1120 g/mol. The second kappa shape index (κ2) is 67.5. The second-order valence-corrected chi connectivity index (χ2v) is 21.3. The molecule has 456 valence electrons. The van der Waals surface area contributed by atoms with E-state index in [9.17, 15) is 14.4 Å². The van der Waals surface area contributed by atoms with Crippen LogP contribution in [0, 0.1) is 0 Å². The van der Waals surface area contributed by atoms with Gasteiger partial charge in [-0.1, -0.05) is 288 Å². The van der Waals surface area contributed by atoms with Crippen LogP contribution in [0.3, 0.4) is 0 Å². The molecule has 0 aromatic heterocycles. The van der Waals surface area contributed by atoms with Crippen molar-refractivity contribution in [3.63, 3.8) is 0 Å². The molecule has 0 amide bonds. The molecule has 0 saturated carbocycles. The fraction of sp³-hybridized carbons (Fsp3) is 0.613. The normalized spacial score (nSPS) is 13.2. The number of ether oxygens (including phenoxy) is 3. The largest absolute Gasteiger partial charge is 0.462 e. The molecule has 0 aliphatic heterocycles. The molecule has 1 atom stereocenters. The summed E-state index contributed by atoms with van der Waals surface area (Å²) in [5.74, 6) is -0.920. The van der Waals surface area contributed by atoms with Crippen molar-refractivity contribution >= 4 is 17.9 Å². The van der Waals surface area contributed by atoms with E-state index >= 15 is 0 Å². The predicted octanol–water partition coefficient (Wildman–Crippen LogP) is 22.9. The summed E-state index contributed by atoms with van der Waals surface area (Å²) in [6.07, 6.45) is 98.4. The molecular weight excluding hydrogens is 997 g/mol. The van der Waals surface area contributed by atoms with Gasteiger partial charge in [0.1, 0.15) is 13.2 Å². The maximum Gasteiger partial charge on any atom is 0.306 e. The van der Waals surface area contributed by atoms with Crippen LogP contribution in [0.4, 0.5) is 0 Å². The van der Waals surface area contributed by atoms with Crippen molar-refractivity contribution in [3.05, 3.63) is 158 Å². The number of hydrogen-bond donors (Lipinski definition) is 0. The zero-order chi connectivity index (χ0) is 58.5. The van der Waals surface area contributed by atoms with Gasteiger partial charge < -0.3 is 14.2 Å². The highest BCUT2D eigenvalue weighted by Gasteiger charge is 2.19. The zero-order valence-electron chi connectivity index (χ0n) is 52.2. The first-order chi connectivity index (χ1) is 40.0. The highest BCUT2D eigenvalue weighted by Crippen LogP contribution is 2.15. The molecule has 0 bridgehead atoms. The minimum atomic E-state index is -0.794. The topological polar surface area (TPSA) is 78.9 Å². The average Bonchev–Trinajstić information content (AvgIpc) is 3.46. The van der Waals surface area contributed by atoms with Crippen LogP contribution in [0.15, 0.2) is 158 Å². The fourth-order valence-electron chi connectivity index (χ4n) is 8.66. The molecule has 6 heteroatoms. The molecule has 0 aromatic rings. The minimum Gasteiger partial charge on any atom is -0.462 e. The highest BCUT2D eigenvalue weighted by molar-refractivity contribution is 5.71. The van der Waals surface area contributed by atoms with Gasteiger partial charge in [-0.05, 0) is 128 Å². The van der Waals surface area contributed by atoms with Gasteiger partial charge in [0.25, 0.3) is 0 Å². The van der Waals surface area contributed by atoms with Crippen LogP contribution in [-0.4, -0.2) is 37.2 Å². The number of hydrogen-bond acceptors (Lipinski definition) is 6. The molecular formula is C75H120O6. The van der Waals surface area contributed by atoms with E-state index in [0.29, 0.717) is 19.3 Å². The van der Waals surface area contributed by atoms with E-state index in [4.69, 9.17) is 14.2 Å². The lowest BCUT2D eigenvalue weighted by molar-refractivity contribution is -0.167. The SMILES string of the molecule is CC/C=C\C/C=C\C/C=C\C/C=C\C/C=C\C/C=C\C/C=C\CCCCCCCCCCCC(=O)OCC(COC(=O)CCCCCCCCC)OC(=O)CCCCCCCC/C=C\C/C=C\C/C=C\C/C=C\C/C=C\C/C=C\CC. The van der Waals surface area contributed by atoms with Gasteiger partial charge in [-0.25, -0.2) is 0 Å². The van der Waals surface area contributed by atoms with Gasteiger partial charge in [0.15, 0.2) is 6.10 Å². The Morgan fingerprint density at radius 1 is 0.259 bits per heavy atom. The maximum atomic E-state index is 12.9. The summed E-state index contributed by atoms with van der Waals surface area (Å²) in [6, 6.07) is 0. The molecule has 0 radical (unpaired) electrons. The molecule has 0 saturated heterocycles. The smallest absolute Gasteiger partial charge is 0.306 e. The lowest BCUT2D eigenvalue weighted by Crippen LogP contribution is -2.30. The molecule has 0 N–H and O–H groups in total. The van der Waals surface area contributed by atoms with Crippen molar-refractivity contribution in [2.75, 3.05) is 13.2 Å². The van der Waals surface area contributed by atoms with E-state index in [1.807, 2.05) is 0 Å². The average molecular weight is 1120 g/mol. The standard InChI is InChI=1S/C75H120O6/c1-4-7-10-13-16-18-20-22-24-26-28-30-32-34-35-36-37-38-39-41-42-44-46-48-50-52-54-56-59-62-65-68-74(77)80-71-72(70-79-73(76)67-64-61-58-15-12-9-6-3)81-75(78)69-66-63-60-57-55-53-51-49-47-45-43-40-33-31-29-27-25-23-21-19-17-14-11-8-5-2/h7-8,10-11,16-19,22-25,28-31,34-35,37-38,40-43,47,49,72H,4-6,9,12-15,20-21,26-27,32-33,36,39,44-46,48,50-71H2,1-3H3/b10-7-,11-8-,18-16-,19-17-,24-22-,25-23-,30-28-,31-29-,35-34-,38-37-,42-41-,43-40-,49-47-. The first-order valence-electron chi connectivity index (χ1n) is 33.0. The molecule has 0 aliphatic rings. The summed E-state index contributed by atoms with van der Waals surface area (Å²) in [7, 11) is 0. The Balaban J connectivity index is 4.21. The molecule has 0 fully saturated rings. The van der Waals surface area contributed by atoms with Gasteiger partial charge in [0.2, 0.25) is 0 Å². The number of unbranched alkanes of at least 4 members (excludes halogenated alkanes) is 21. The number of carbonyl (C=O) groups is 3. The van der Waals surface area contributed by atoms with E-state index in [1.165, 1.54) is 77.0 Å². The molecule has 0 aromatic carbocycles. The van der Waals surface area contributed by atoms with Crippen LogP contribution in [0.25, 0.3) is 0 Å². The Kier molecular flexibility index (Phi) is 63.4. The summed E-state index contributed by atoms with van der Waals surface area (Å²) in [5.41, 5.74) is 0. The van der Waals surface area contributed by atoms with E-state index in [2.05, 4.69) is 179 Å². The maximum absolute atomic E-state index is 12.9. The van der Waals surface area contributed by atoms with Crippen molar-refractivity contribution in [2.45, 2.75) is 284 Å². The predicted molar refractivity (Wildman–Crippen MR) is 352 cm³/mol. The molecule has 0 aliphatic carbocycles. The van der Waals surface area contributed by atoms with Gasteiger partial charge in [0.05, 0.1) is 0 Å². The van der Waals surface area contributed by atoms with Crippen LogP contribution < -0.4 is 0 Å². The van der Waals surface area contributed by atoms with Gasteiger partial charge in [-0.3, -0.25) is 14.4 Å². The van der Waals surface area contributed by atoms with Crippen LogP contribution in [-0.2, 0) is 28.6 Å². The Bertz CT molecular complexity index is 1810. The summed E-state index contributed by atoms with van der Waals surface area (Å²) in [5, 5.41) is 0.